The van der Waals surface area contributed by atoms with Crippen molar-refractivity contribution in [2.24, 2.45) is 5.10 Å². The quantitative estimate of drug-likeness (QED) is 0.374. The molecule has 0 spiro atoms. The van der Waals surface area contributed by atoms with Crippen LogP contribution in [0.1, 0.15) is 36.8 Å². The summed E-state index contributed by atoms with van der Waals surface area (Å²) in [4.78, 5) is 26.4. The van der Waals surface area contributed by atoms with Gasteiger partial charge in [-0.3, -0.25) is 9.59 Å². The molecule has 1 aliphatic heterocycles. The van der Waals surface area contributed by atoms with Crippen molar-refractivity contribution in [2.45, 2.75) is 32.3 Å². The van der Waals surface area contributed by atoms with Crippen LogP contribution in [-0.2, 0) is 16.2 Å². The van der Waals surface area contributed by atoms with E-state index in [2.05, 4.69) is 10.5 Å². The Balaban J connectivity index is 1.50. The molecule has 1 heterocycles. The molecule has 6 heteroatoms. The number of fused-ring (bicyclic) bond motifs is 1. The maximum absolute atomic E-state index is 12.4. The van der Waals surface area contributed by atoms with Crippen LogP contribution in [0, 0.1) is 0 Å². The Morgan fingerprint density at radius 1 is 0.906 bits per heavy atom. The van der Waals surface area contributed by atoms with Crippen molar-refractivity contribution in [1.29, 1.82) is 0 Å². The highest BCUT2D eigenvalue weighted by molar-refractivity contribution is 6.35. The molecule has 2 amide bonds. The van der Waals surface area contributed by atoms with Crippen LogP contribution in [0.5, 0.6) is 5.75 Å². The minimum absolute atomic E-state index is 0.416. The molecule has 0 aromatic heterocycles. The molecule has 0 bridgehead atoms. The fourth-order valence-corrected chi connectivity index (χ4v) is 3.89. The average molecular weight is 430 g/mol. The zero-order valence-electron chi connectivity index (χ0n) is 18.0. The van der Waals surface area contributed by atoms with E-state index in [-0.39, 0.29) is 0 Å². The smallest absolute Gasteiger partial charge is 0.329 e. The molecular weight excluding hydrogens is 402 g/mol. The lowest BCUT2D eigenvalue weighted by molar-refractivity contribution is -0.145. The first-order valence-electron chi connectivity index (χ1n) is 11.0. The van der Waals surface area contributed by atoms with Gasteiger partial charge in [-0.2, -0.15) is 5.10 Å². The fraction of sp³-hybridized carbons (Fsp3) is 0.269. The number of ether oxygens (including phenoxy) is 1. The third-order valence-electron chi connectivity index (χ3n) is 5.62. The zero-order chi connectivity index (χ0) is 22.2. The number of likely N-dealkylation sites (tertiary alicyclic amines) is 1. The molecular formula is C26H27N3O3. The second-order valence-corrected chi connectivity index (χ2v) is 7.88. The molecule has 164 valence electrons. The van der Waals surface area contributed by atoms with Crippen molar-refractivity contribution >= 4 is 28.8 Å². The highest BCUT2D eigenvalue weighted by atomic mass is 16.5. The van der Waals surface area contributed by atoms with Gasteiger partial charge in [0.25, 0.3) is 0 Å². The third kappa shape index (κ3) is 5.32. The summed E-state index contributed by atoms with van der Waals surface area (Å²) in [5.41, 5.74) is 4.20. The molecule has 6 nitrogen and oxygen atoms in total. The molecule has 0 aliphatic carbocycles. The molecule has 1 N–H and O–H groups in total. The van der Waals surface area contributed by atoms with Gasteiger partial charge in [-0.25, -0.2) is 5.43 Å². The van der Waals surface area contributed by atoms with Crippen molar-refractivity contribution in [3.8, 4) is 5.75 Å². The number of benzene rings is 3. The maximum Gasteiger partial charge on any atom is 0.329 e. The monoisotopic (exact) mass is 429 g/mol. The van der Waals surface area contributed by atoms with Gasteiger partial charge in [0.15, 0.2) is 0 Å². The number of nitrogens with one attached hydrogen (secondary N) is 1. The predicted octanol–water partition coefficient (Wildman–Crippen LogP) is 4.27. The second-order valence-electron chi connectivity index (χ2n) is 7.88. The molecule has 32 heavy (non-hydrogen) atoms. The first-order chi connectivity index (χ1) is 15.7. The van der Waals surface area contributed by atoms with Crippen LogP contribution in [-0.4, -0.2) is 36.0 Å². The van der Waals surface area contributed by atoms with Crippen LogP contribution in [0.25, 0.3) is 10.8 Å². The number of nitrogens with zero attached hydrogens (tertiary/aromatic N) is 2. The van der Waals surface area contributed by atoms with Crippen LogP contribution in [0.2, 0.25) is 0 Å². The Bertz CT molecular complexity index is 1100. The summed E-state index contributed by atoms with van der Waals surface area (Å²) in [6, 6.07) is 21.7. The zero-order valence-corrected chi connectivity index (χ0v) is 18.0. The van der Waals surface area contributed by atoms with Crippen LogP contribution >= 0.6 is 0 Å². The molecule has 4 rings (SSSR count). The summed E-state index contributed by atoms with van der Waals surface area (Å²) in [5.74, 6) is -0.581. The SMILES string of the molecule is O=C(NN=Cc1c(OCc2ccccc2)ccc2ccccc12)C(=O)N1CCCCCC1. The fourth-order valence-electron chi connectivity index (χ4n) is 3.89. The molecule has 1 saturated heterocycles. The summed E-state index contributed by atoms with van der Waals surface area (Å²) in [6.07, 6.45) is 5.60. The number of carbonyl (C=O) groups is 2. The minimum Gasteiger partial charge on any atom is -0.488 e. The van der Waals surface area contributed by atoms with E-state index in [4.69, 9.17) is 4.74 Å². The molecule has 1 fully saturated rings. The molecule has 3 aromatic carbocycles. The van der Waals surface area contributed by atoms with Gasteiger partial charge < -0.3 is 9.64 Å². The first-order valence-corrected chi connectivity index (χ1v) is 11.0. The van der Waals surface area contributed by atoms with Gasteiger partial charge >= 0.3 is 11.8 Å². The van der Waals surface area contributed by atoms with Gasteiger partial charge in [0.05, 0.1) is 6.21 Å². The topological polar surface area (TPSA) is 71.0 Å². The van der Waals surface area contributed by atoms with Crippen LogP contribution in [0.15, 0.2) is 71.8 Å². The highest BCUT2D eigenvalue weighted by Gasteiger charge is 2.22. The van der Waals surface area contributed by atoms with Crippen molar-refractivity contribution in [3.05, 3.63) is 77.9 Å². The molecule has 0 unspecified atom stereocenters. The lowest BCUT2D eigenvalue weighted by Crippen LogP contribution is -2.41. The standard InChI is InChI=1S/C26H27N3O3/c30-25(26(31)29-16-8-1-2-9-17-29)28-27-18-23-22-13-7-6-12-21(22)14-15-24(23)32-19-20-10-4-3-5-11-20/h3-7,10-15,18H,1-2,8-9,16-17,19H2,(H,28,30). The Morgan fingerprint density at radius 2 is 1.62 bits per heavy atom. The van der Waals surface area contributed by atoms with E-state index < -0.39 is 11.8 Å². The molecule has 0 radical (unpaired) electrons. The molecule has 0 saturated carbocycles. The van der Waals surface area contributed by atoms with Crippen LogP contribution < -0.4 is 10.2 Å². The van der Waals surface area contributed by atoms with E-state index in [0.717, 1.165) is 47.6 Å². The van der Waals surface area contributed by atoms with E-state index in [0.29, 0.717) is 25.4 Å². The van der Waals surface area contributed by atoms with Gasteiger partial charge in [0.2, 0.25) is 0 Å². The van der Waals surface area contributed by atoms with Gasteiger partial charge in [0, 0.05) is 18.7 Å². The summed E-state index contributed by atoms with van der Waals surface area (Å²) in [7, 11) is 0. The van der Waals surface area contributed by atoms with E-state index >= 15 is 0 Å². The summed E-state index contributed by atoms with van der Waals surface area (Å²) in [6.45, 7) is 1.66. The lowest BCUT2D eigenvalue weighted by Gasteiger charge is -2.18. The first kappa shape index (κ1) is 21.6. The Hall–Kier alpha value is -3.67. The largest absolute Gasteiger partial charge is 0.488 e. The normalized spacial score (nSPS) is 14.3. The van der Waals surface area contributed by atoms with Gasteiger partial charge in [0.1, 0.15) is 12.4 Å². The van der Waals surface area contributed by atoms with Crippen molar-refractivity contribution in [1.82, 2.24) is 10.3 Å². The molecule has 3 aromatic rings. The molecule has 0 atom stereocenters. The minimum atomic E-state index is -0.713. The van der Waals surface area contributed by atoms with E-state index in [1.54, 1.807) is 11.1 Å². The maximum atomic E-state index is 12.4. The Labute approximate surface area is 187 Å². The summed E-state index contributed by atoms with van der Waals surface area (Å²) < 4.78 is 6.07. The highest BCUT2D eigenvalue weighted by Crippen LogP contribution is 2.27. The van der Waals surface area contributed by atoms with Crippen molar-refractivity contribution in [2.75, 3.05) is 13.1 Å². The van der Waals surface area contributed by atoms with Crippen LogP contribution in [0.3, 0.4) is 0 Å². The van der Waals surface area contributed by atoms with Gasteiger partial charge in [-0.15, -0.1) is 0 Å². The van der Waals surface area contributed by atoms with Gasteiger partial charge in [-0.1, -0.05) is 73.5 Å². The lowest BCUT2D eigenvalue weighted by atomic mass is 10.0. The second kappa shape index (κ2) is 10.6. The van der Waals surface area contributed by atoms with E-state index in [9.17, 15) is 9.59 Å². The van der Waals surface area contributed by atoms with Gasteiger partial charge in [-0.05, 0) is 35.2 Å². The Morgan fingerprint density at radius 3 is 2.41 bits per heavy atom. The molecule has 1 aliphatic rings. The number of hydrogen-bond donors (Lipinski definition) is 1. The number of carbonyl (C=O) groups excluding carboxylic acids is 2. The average Bonchev–Trinajstić information content (AvgIpc) is 3.13. The number of rotatable bonds is 5. The van der Waals surface area contributed by atoms with E-state index in [1.165, 1.54) is 0 Å². The van der Waals surface area contributed by atoms with Crippen molar-refractivity contribution in [3.63, 3.8) is 0 Å². The number of amides is 2. The number of hydrazone groups is 1. The Kier molecular flexibility index (Phi) is 7.12. The summed E-state index contributed by atoms with van der Waals surface area (Å²) in [5, 5.41) is 6.08. The summed E-state index contributed by atoms with van der Waals surface area (Å²) >= 11 is 0. The van der Waals surface area contributed by atoms with Crippen LogP contribution in [0.4, 0.5) is 0 Å². The third-order valence-corrected chi connectivity index (χ3v) is 5.62. The number of hydrogen-bond acceptors (Lipinski definition) is 4. The predicted molar refractivity (Wildman–Crippen MR) is 126 cm³/mol. The van der Waals surface area contributed by atoms with E-state index in [1.807, 2.05) is 66.7 Å². The van der Waals surface area contributed by atoms with Crippen molar-refractivity contribution < 1.29 is 14.3 Å².